The Balaban J connectivity index is 1.12. The minimum atomic E-state index is -0.942. The van der Waals surface area contributed by atoms with E-state index in [9.17, 15) is 9.59 Å². The fraction of sp³-hybridized carbons (Fsp3) is 0.263. The molecule has 0 aliphatic carbocycles. The molecule has 5 aromatic rings. The summed E-state index contributed by atoms with van der Waals surface area (Å²) in [4.78, 5) is 26.6. The summed E-state index contributed by atoms with van der Waals surface area (Å²) >= 11 is 0. The fourth-order valence-electron chi connectivity index (χ4n) is 6.19. The smallest absolute Gasteiger partial charge is 0.407 e. The number of methoxy groups -OCH3 is 1. The highest BCUT2D eigenvalue weighted by atomic mass is 16.5. The van der Waals surface area contributed by atoms with Gasteiger partial charge in [0.2, 0.25) is 5.91 Å². The minimum Gasteiger partial charge on any atom is -0.453 e. The normalized spacial score (nSPS) is 16.6. The van der Waals surface area contributed by atoms with Gasteiger partial charge >= 0.3 is 6.09 Å². The highest BCUT2D eigenvalue weighted by Crippen LogP contribution is 2.30. The average molecular weight is 645 g/mol. The number of alkyl carbamates (subject to hydrolysis) is 1. The second kappa shape index (κ2) is 16.0. The average Bonchev–Trinajstić information content (AvgIpc) is 3.60. The highest BCUT2D eigenvalue weighted by Gasteiger charge is 2.33. The maximum Gasteiger partial charge on any atom is 0.407 e. The summed E-state index contributed by atoms with van der Waals surface area (Å²) in [5, 5.41) is 18.0. The Morgan fingerprint density at radius 3 is 2.21 bits per heavy atom. The molecule has 3 N–H and O–H groups in total. The van der Waals surface area contributed by atoms with E-state index in [1.165, 1.54) is 7.11 Å². The molecule has 6 rings (SSSR count). The zero-order valence-corrected chi connectivity index (χ0v) is 26.9. The van der Waals surface area contributed by atoms with Crippen LogP contribution in [0.25, 0.3) is 0 Å². The molecule has 4 aromatic carbocycles. The Morgan fingerprint density at radius 1 is 0.917 bits per heavy atom. The largest absolute Gasteiger partial charge is 0.453 e. The molecule has 0 radical (unpaired) electrons. The number of aryl methyl sites for hydroxylation is 1. The van der Waals surface area contributed by atoms with Crippen molar-refractivity contribution >= 4 is 17.7 Å². The molecule has 0 bridgehead atoms. The van der Waals surface area contributed by atoms with E-state index in [1.807, 2.05) is 108 Å². The molecular weight excluding hydrogens is 604 g/mol. The molecule has 0 saturated carbocycles. The SMILES string of the molecule is COC(=O)NC(C(=O)Nc1ccccc1CCC1CNC(c2cnnn2Cc2ccccc2)CO1)C(c1ccccc1)c1ccccc1. The van der Waals surface area contributed by atoms with Crippen molar-refractivity contribution in [3.05, 3.63) is 149 Å². The standard InChI is InChI=1S/C38H40N6O4/c1-47-38(46)42-36(35(29-16-7-3-8-17-29)30-18-9-4-10-19-30)37(45)41-32-20-12-11-15-28(32)21-22-31-23-39-33(26-48-31)34-24-40-43-44(34)25-27-13-5-2-6-14-27/h2-20,24,31,33,35-36,39H,21-23,25-26H2,1H3,(H,41,45)(H,42,46). The molecule has 1 aliphatic heterocycles. The number of ether oxygens (including phenoxy) is 2. The topological polar surface area (TPSA) is 119 Å². The number of carbonyl (C=O) groups excluding carboxylic acids is 2. The number of benzene rings is 4. The van der Waals surface area contributed by atoms with Gasteiger partial charge in [0.15, 0.2) is 0 Å². The molecule has 10 heteroatoms. The number of nitrogens with zero attached hydrogens (tertiary/aromatic N) is 3. The number of hydrogen-bond acceptors (Lipinski definition) is 7. The Hall–Kier alpha value is -5.32. The second-order valence-corrected chi connectivity index (χ2v) is 11.8. The zero-order chi connectivity index (χ0) is 33.1. The number of amides is 2. The molecule has 10 nitrogen and oxygen atoms in total. The molecule has 2 heterocycles. The Morgan fingerprint density at radius 2 is 1.56 bits per heavy atom. The molecule has 3 atom stereocenters. The minimum absolute atomic E-state index is 0.00209. The molecule has 1 fully saturated rings. The molecule has 0 spiro atoms. The van der Waals surface area contributed by atoms with Crippen molar-refractivity contribution in [2.24, 2.45) is 0 Å². The Bertz CT molecular complexity index is 1720. The van der Waals surface area contributed by atoms with Gasteiger partial charge in [-0.05, 0) is 41.2 Å². The van der Waals surface area contributed by atoms with E-state index in [1.54, 1.807) is 6.20 Å². The van der Waals surface area contributed by atoms with Crippen molar-refractivity contribution in [1.82, 2.24) is 25.6 Å². The third-order valence-corrected chi connectivity index (χ3v) is 8.67. The van der Waals surface area contributed by atoms with E-state index >= 15 is 0 Å². The van der Waals surface area contributed by atoms with E-state index in [2.05, 4.69) is 38.4 Å². The van der Waals surface area contributed by atoms with Gasteiger partial charge in [-0.25, -0.2) is 9.48 Å². The van der Waals surface area contributed by atoms with Crippen LogP contribution in [-0.2, 0) is 27.2 Å². The lowest BCUT2D eigenvalue weighted by Gasteiger charge is -2.31. The predicted molar refractivity (Wildman–Crippen MR) is 183 cm³/mol. The number of carbonyl (C=O) groups is 2. The quantitative estimate of drug-likeness (QED) is 0.165. The first-order valence-electron chi connectivity index (χ1n) is 16.2. The maximum atomic E-state index is 14.1. The lowest BCUT2D eigenvalue weighted by Crippen LogP contribution is -2.48. The molecule has 2 amide bonds. The zero-order valence-electron chi connectivity index (χ0n) is 26.9. The predicted octanol–water partition coefficient (Wildman–Crippen LogP) is 5.48. The molecule has 3 unspecified atom stereocenters. The summed E-state index contributed by atoms with van der Waals surface area (Å²) < 4.78 is 13.2. The van der Waals surface area contributed by atoms with Crippen LogP contribution in [0.15, 0.2) is 121 Å². The summed E-state index contributed by atoms with van der Waals surface area (Å²) in [6.45, 7) is 1.83. The third-order valence-electron chi connectivity index (χ3n) is 8.67. The van der Waals surface area contributed by atoms with E-state index in [0.717, 1.165) is 34.4 Å². The van der Waals surface area contributed by atoms with Gasteiger partial charge in [-0.2, -0.15) is 0 Å². The van der Waals surface area contributed by atoms with Gasteiger partial charge < -0.3 is 25.4 Å². The monoisotopic (exact) mass is 644 g/mol. The van der Waals surface area contributed by atoms with Crippen LogP contribution >= 0.6 is 0 Å². The number of aromatic nitrogens is 3. The van der Waals surface area contributed by atoms with Crippen LogP contribution in [0.1, 0.15) is 46.3 Å². The van der Waals surface area contributed by atoms with Crippen molar-refractivity contribution < 1.29 is 19.1 Å². The molecule has 246 valence electrons. The molecule has 1 saturated heterocycles. The van der Waals surface area contributed by atoms with E-state index in [0.29, 0.717) is 31.8 Å². The number of nitrogens with one attached hydrogen (secondary N) is 3. The van der Waals surface area contributed by atoms with E-state index < -0.39 is 18.1 Å². The van der Waals surface area contributed by atoms with Crippen LogP contribution in [0.5, 0.6) is 0 Å². The van der Waals surface area contributed by atoms with Crippen molar-refractivity contribution in [2.75, 3.05) is 25.6 Å². The first-order valence-corrected chi connectivity index (χ1v) is 16.2. The van der Waals surface area contributed by atoms with Crippen LogP contribution in [0.4, 0.5) is 10.5 Å². The van der Waals surface area contributed by atoms with Crippen LogP contribution in [0.3, 0.4) is 0 Å². The number of anilines is 1. The fourth-order valence-corrected chi connectivity index (χ4v) is 6.19. The van der Waals surface area contributed by atoms with Gasteiger partial charge in [0.1, 0.15) is 6.04 Å². The molecule has 48 heavy (non-hydrogen) atoms. The lowest BCUT2D eigenvalue weighted by atomic mass is 9.84. The first kappa shape index (κ1) is 32.6. The highest BCUT2D eigenvalue weighted by molar-refractivity contribution is 5.98. The van der Waals surface area contributed by atoms with Crippen molar-refractivity contribution in [3.8, 4) is 0 Å². The van der Waals surface area contributed by atoms with Crippen molar-refractivity contribution in [2.45, 2.75) is 43.5 Å². The Labute approximate surface area is 280 Å². The third kappa shape index (κ3) is 8.14. The summed E-state index contributed by atoms with van der Waals surface area (Å²) in [6.07, 6.45) is 2.56. The summed E-state index contributed by atoms with van der Waals surface area (Å²) in [5.41, 5.74) is 5.61. The lowest BCUT2D eigenvalue weighted by molar-refractivity contribution is -0.118. The van der Waals surface area contributed by atoms with E-state index in [-0.39, 0.29) is 18.1 Å². The molecule has 1 aromatic heterocycles. The van der Waals surface area contributed by atoms with Gasteiger partial charge in [0.25, 0.3) is 0 Å². The van der Waals surface area contributed by atoms with Gasteiger partial charge in [0.05, 0.1) is 44.3 Å². The number of para-hydroxylation sites is 1. The van der Waals surface area contributed by atoms with Crippen LogP contribution in [0.2, 0.25) is 0 Å². The van der Waals surface area contributed by atoms with E-state index in [4.69, 9.17) is 9.47 Å². The van der Waals surface area contributed by atoms with Crippen molar-refractivity contribution in [3.63, 3.8) is 0 Å². The summed E-state index contributed by atoms with van der Waals surface area (Å²) in [5.74, 6) is -0.794. The van der Waals surface area contributed by atoms with Gasteiger partial charge in [-0.3, -0.25) is 4.79 Å². The summed E-state index contributed by atoms with van der Waals surface area (Å²) in [6, 6.07) is 36.4. The van der Waals surface area contributed by atoms with Gasteiger partial charge in [0, 0.05) is 18.2 Å². The first-order chi connectivity index (χ1) is 23.6. The summed E-state index contributed by atoms with van der Waals surface area (Å²) in [7, 11) is 1.29. The maximum absolute atomic E-state index is 14.1. The van der Waals surface area contributed by atoms with Crippen LogP contribution in [-0.4, -0.2) is 59.4 Å². The number of morpholine rings is 1. The van der Waals surface area contributed by atoms with Crippen molar-refractivity contribution in [1.29, 1.82) is 0 Å². The molecule has 1 aliphatic rings. The Kier molecular flexibility index (Phi) is 10.9. The number of hydrogen-bond donors (Lipinski definition) is 3. The second-order valence-electron chi connectivity index (χ2n) is 11.8. The number of rotatable bonds is 12. The van der Waals surface area contributed by atoms with Crippen LogP contribution < -0.4 is 16.0 Å². The van der Waals surface area contributed by atoms with Gasteiger partial charge in [-0.1, -0.05) is 114 Å². The van der Waals surface area contributed by atoms with Gasteiger partial charge in [-0.15, -0.1) is 5.10 Å². The molecular formula is C38H40N6O4. The van der Waals surface area contributed by atoms with Crippen LogP contribution in [0, 0.1) is 0 Å².